The van der Waals surface area contributed by atoms with E-state index in [0.717, 1.165) is 16.7 Å². The van der Waals surface area contributed by atoms with Crippen LogP contribution in [0.3, 0.4) is 0 Å². The van der Waals surface area contributed by atoms with Crippen molar-refractivity contribution in [2.45, 2.75) is 20.0 Å². The highest BCUT2D eigenvalue weighted by atomic mass is 35.5. The lowest BCUT2D eigenvalue weighted by atomic mass is 10.1. The fourth-order valence-electron chi connectivity index (χ4n) is 3.05. The lowest BCUT2D eigenvalue weighted by Gasteiger charge is -2.23. The molecule has 1 N–H and O–H groups in total. The van der Waals surface area contributed by atoms with Gasteiger partial charge >= 0.3 is 0 Å². The third kappa shape index (κ3) is 6.23. The van der Waals surface area contributed by atoms with Gasteiger partial charge in [-0.2, -0.15) is 0 Å². The fourth-order valence-corrected chi connectivity index (χ4v) is 4.41. The Labute approximate surface area is 192 Å². The van der Waals surface area contributed by atoms with Crippen molar-refractivity contribution < 1.29 is 13.2 Å². The summed E-state index contributed by atoms with van der Waals surface area (Å²) in [7, 11) is -3.47. The second-order valence-electron chi connectivity index (χ2n) is 7.22. The summed E-state index contributed by atoms with van der Waals surface area (Å²) in [6.45, 7) is 2.35. The lowest BCUT2D eigenvalue weighted by molar-refractivity contribution is 0.0951. The van der Waals surface area contributed by atoms with Crippen LogP contribution in [0, 0.1) is 6.92 Å². The van der Waals surface area contributed by atoms with Gasteiger partial charge in [-0.25, -0.2) is 8.42 Å². The van der Waals surface area contributed by atoms with Gasteiger partial charge in [0.25, 0.3) is 5.91 Å². The Hall–Kier alpha value is -2.54. The predicted molar refractivity (Wildman–Crippen MR) is 126 cm³/mol. The fraction of sp³-hybridized carbons (Fsp3) is 0.174. The maximum Gasteiger partial charge on any atom is 0.251 e. The van der Waals surface area contributed by atoms with E-state index in [1.807, 2.05) is 25.1 Å². The van der Waals surface area contributed by atoms with Gasteiger partial charge in [0.15, 0.2) is 0 Å². The first-order valence-corrected chi connectivity index (χ1v) is 12.1. The van der Waals surface area contributed by atoms with Crippen molar-refractivity contribution in [3.05, 3.63) is 99.0 Å². The van der Waals surface area contributed by atoms with E-state index in [9.17, 15) is 13.2 Å². The van der Waals surface area contributed by atoms with E-state index < -0.39 is 10.0 Å². The molecule has 0 atom stereocenters. The number of nitrogens with one attached hydrogen (secondary N) is 1. The molecule has 0 saturated carbocycles. The van der Waals surface area contributed by atoms with Crippen molar-refractivity contribution in [3.8, 4) is 0 Å². The number of aryl methyl sites for hydroxylation is 1. The van der Waals surface area contributed by atoms with Crippen LogP contribution in [-0.2, 0) is 23.1 Å². The number of carbonyl (C=O) groups is 1. The van der Waals surface area contributed by atoms with Crippen LogP contribution in [0.2, 0.25) is 10.0 Å². The number of halogens is 2. The minimum absolute atomic E-state index is 0.171. The van der Waals surface area contributed by atoms with Crippen LogP contribution in [0.15, 0.2) is 66.7 Å². The van der Waals surface area contributed by atoms with Crippen molar-refractivity contribution in [1.29, 1.82) is 0 Å². The molecule has 0 saturated heterocycles. The molecule has 0 fully saturated rings. The Balaban J connectivity index is 1.70. The smallest absolute Gasteiger partial charge is 0.251 e. The number of amides is 1. The van der Waals surface area contributed by atoms with Crippen molar-refractivity contribution in [3.63, 3.8) is 0 Å². The Morgan fingerprint density at radius 2 is 1.71 bits per heavy atom. The molecular formula is C23H22Cl2N2O3S. The molecule has 3 aromatic carbocycles. The summed E-state index contributed by atoms with van der Waals surface area (Å²) in [5.41, 5.74) is 3.57. The molecule has 0 aliphatic heterocycles. The van der Waals surface area contributed by atoms with Crippen molar-refractivity contribution in [2.24, 2.45) is 0 Å². The Morgan fingerprint density at radius 1 is 1.00 bits per heavy atom. The molecule has 0 aliphatic rings. The molecule has 8 heteroatoms. The van der Waals surface area contributed by atoms with E-state index in [-0.39, 0.29) is 19.0 Å². The number of rotatable bonds is 7. The third-order valence-electron chi connectivity index (χ3n) is 4.69. The molecule has 162 valence electrons. The lowest BCUT2D eigenvalue weighted by Crippen LogP contribution is -2.29. The van der Waals surface area contributed by atoms with Crippen LogP contribution in [0.25, 0.3) is 0 Å². The summed E-state index contributed by atoms with van der Waals surface area (Å²) >= 11 is 12.0. The highest BCUT2D eigenvalue weighted by Gasteiger charge is 2.18. The van der Waals surface area contributed by atoms with Gasteiger partial charge in [0.2, 0.25) is 10.0 Å². The van der Waals surface area contributed by atoms with E-state index in [1.165, 1.54) is 10.6 Å². The summed E-state index contributed by atoms with van der Waals surface area (Å²) in [4.78, 5) is 12.5. The van der Waals surface area contributed by atoms with Crippen LogP contribution in [0.1, 0.15) is 27.0 Å². The van der Waals surface area contributed by atoms with Crippen LogP contribution in [-0.4, -0.2) is 20.6 Å². The number of sulfonamides is 1. The van der Waals surface area contributed by atoms with Gasteiger partial charge in [0.05, 0.1) is 18.5 Å². The minimum Gasteiger partial charge on any atom is -0.348 e. The molecule has 1 amide bonds. The predicted octanol–water partition coefficient (Wildman–Crippen LogP) is 5.20. The maximum atomic E-state index is 12.5. The molecule has 0 aliphatic carbocycles. The van der Waals surface area contributed by atoms with Gasteiger partial charge < -0.3 is 5.32 Å². The number of hydrogen-bond acceptors (Lipinski definition) is 3. The monoisotopic (exact) mass is 476 g/mol. The van der Waals surface area contributed by atoms with E-state index in [4.69, 9.17) is 23.2 Å². The average molecular weight is 477 g/mol. The Morgan fingerprint density at radius 3 is 2.32 bits per heavy atom. The molecule has 3 aromatic rings. The molecule has 0 heterocycles. The first-order chi connectivity index (χ1) is 14.6. The van der Waals surface area contributed by atoms with E-state index in [2.05, 4.69) is 5.32 Å². The van der Waals surface area contributed by atoms with Crippen molar-refractivity contribution >= 4 is 44.8 Å². The van der Waals surface area contributed by atoms with Crippen LogP contribution in [0.5, 0.6) is 0 Å². The average Bonchev–Trinajstić information content (AvgIpc) is 2.70. The summed E-state index contributed by atoms with van der Waals surface area (Å²) in [6, 6.07) is 19.3. The maximum absolute atomic E-state index is 12.5. The van der Waals surface area contributed by atoms with Gasteiger partial charge in [-0.05, 0) is 60.0 Å². The molecule has 0 unspecified atom stereocenters. The highest BCUT2D eigenvalue weighted by Crippen LogP contribution is 2.23. The molecule has 5 nitrogen and oxygen atoms in total. The van der Waals surface area contributed by atoms with Crippen LogP contribution < -0.4 is 9.62 Å². The van der Waals surface area contributed by atoms with Gasteiger partial charge in [0.1, 0.15) is 0 Å². The topological polar surface area (TPSA) is 66.5 Å². The quantitative estimate of drug-likeness (QED) is 0.509. The zero-order valence-corrected chi connectivity index (χ0v) is 19.4. The molecule has 31 heavy (non-hydrogen) atoms. The van der Waals surface area contributed by atoms with E-state index >= 15 is 0 Å². The van der Waals surface area contributed by atoms with Gasteiger partial charge in [-0.15, -0.1) is 0 Å². The number of nitrogens with zero attached hydrogens (tertiary/aromatic N) is 1. The highest BCUT2D eigenvalue weighted by molar-refractivity contribution is 7.92. The second kappa shape index (κ2) is 9.73. The number of anilines is 1. The van der Waals surface area contributed by atoms with Crippen molar-refractivity contribution in [2.75, 3.05) is 10.6 Å². The molecule has 0 radical (unpaired) electrons. The molecule has 0 aromatic heterocycles. The van der Waals surface area contributed by atoms with Gasteiger partial charge in [-0.1, -0.05) is 53.5 Å². The third-order valence-corrected chi connectivity index (χ3v) is 6.41. The Bertz CT molecular complexity index is 1200. The van der Waals surface area contributed by atoms with Crippen LogP contribution >= 0.6 is 23.2 Å². The standard InChI is InChI=1S/C23H22Cl2N2O3S/c1-16-4-3-5-21(12-16)27(31(2,29)30)15-17-6-8-18(9-7-17)23(28)26-14-19-10-11-20(24)13-22(19)25/h3-13H,14-15H2,1-2H3,(H,26,28). The summed E-state index contributed by atoms with van der Waals surface area (Å²) < 4.78 is 26.0. The zero-order chi connectivity index (χ0) is 22.6. The number of hydrogen-bond donors (Lipinski definition) is 1. The number of carbonyl (C=O) groups excluding carboxylic acids is 1. The van der Waals surface area contributed by atoms with Crippen LogP contribution in [0.4, 0.5) is 5.69 Å². The second-order valence-corrected chi connectivity index (χ2v) is 9.97. The Kier molecular flexibility index (Phi) is 7.26. The van der Waals surface area contributed by atoms with Crippen molar-refractivity contribution in [1.82, 2.24) is 5.32 Å². The van der Waals surface area contributed by atoms with Gasteiger partial charge in [-0.3, -0.25) is 9.10 Å². The summed E-state index contributed by atoms with van der Waals surface area (Å²) in [6.07, 6.45) is 1.18. The number of benzene rings is 3. The van der Waals surface area contributed by atoms with E-state index in [0.29, 0.717) is 21.3 Å². The first kappa shape index (κ1) is 23.1. The van der Waals surface area contributed by atoms with Gasteiger partial charge in [0, 0.05) is 22.2 Å². The minimum atomic E-state index is -3.47. The largest absolute Gasteiger partial charge is 0.348 e. The molecule has 3 rings (SSSR count). The summed E-state index contributed by atoms with van der Waals surface area (Å²) in [5, 5.41) is 3.84. The normalized spacial score (nSPS) is 11.2. The van der Waals surface area contributed by atoms with E-state index in [1.54, 1.807) is 48.5 Å². The SMILES string of the molecule is Cc1cccc(N(Cc2ccc(C(=O)NCc3ccc(Cl)cc3Cl)cc2)S(C)(=O)=O)c1. The summed E-state index contributed by atoms with van der Waals surface area (Å²) in [5.74, 6) is -0.253. The zero-order valence-electron chi connectivity index (χ0n) is 17.1. The molecule has 0 spiro atoms. The molecular weight excluding hydrogens is 455 g/mol. The molecule has 0 bridgehead atoms. The first-order valence-electron chi connectivity index (χ1n) is 9.49.